The average Bonchev–Trinajstić information content (AvgIpc) is 2.89. The minimum Gasteiger partial charge on any atom is -0.444 e. The van der Waals surface area contributed by atoms with E-state index >= 15 is 0 Å². The van der Waals surface area contributed by atoms with Crippen LogP contribution in [0.1, 0.15) is 26.3 Å². The third kappa shape index (κ3) is 5.98. The highest BCUT2D eigenvalue weighted by Crippen LogP contribution is 2.16. The lowest BCUT2D eigenvalue weighted by Gasteiger charge is -2.19. The van der Waals surface area contributed by atoms with Crippen LogP contribution in [0.4, 0.5) is 10.5 Å². The van der Waals surface area contributed by atoms with Crippen LogP contribution in [-0.2, 0) is 11.2 Å². The molecule has 1 fully saturated rings. The molecular formula is C16H24N2O2S. The van der Waals surface area contributed by atoms with Crippen molar-refractivity contribution in [2.75, 3.05) is 30.0 Å². The monoisotopic (exact) mass is 308 g/mol. The highest BCUT2D eigenvalue weighted by atomic mass is 32.2. The van der Waals surface area contributed by atoms with Gasteiger partial charge in [-0.15, -0.1) is 11.8 Å². The van der Waals surface area contributed by atoms with Crippen molar-refractivity contribution in [3.63, 3.8) is 0 Å². The quantitative estimate of drug-likeness (QED) is 0.923. The summed E-state index contributed by atoms with van der Waals surface area (Å²) in [6, 6.07) is 7.99. The Kier molecular flexibility index (Phi) is 5.53. The average molecular weight is 308 g/mol. The van der Waals surface area contributed by atoms with Crippen LogP contribution in [0.25, 0.3) is 0 Å². The molecule has 4 nitrogen and oxygen atoms in total. The third-order valence-electron chi connectivity index (χ3n) is 3.14. The summed E-state index contributed by atoms with van der Waals surface area (Å²) in [5, 5.41) is 2.75. The standard InChI is InChI=1S/C16H24N2O2S/c1-16(2,3)20-15(19)17-14-6-4-13(5-7-14)8-9-18-10-11-21-12-18/h4-7H,8-12H2,1-3H3,(H,17,19). The number of hydrogen-bond acceptors (Lipinski definition) is 4. The molecule has 21 heavy (non-hydrogen) atoms. The van der Waals surface area contributed by atoms with Gasteiger partial charge in [0, 0.05) is 30.4 Å². The lowest BCUT2D eigenvalue weighted by molar-refractivity contribution is 0.0636. The van der Waals surface area contributed by atoms with Gasteiger partial charge in [0.25, 0.3) is 0 Å². The summed E-state index contributed by atoms with van der Waals surface area (Å²) in [5.41, 5.74) is 1.59. The fourth-order valence-electron chi connectivity index (χ4n) is 2.09. The predicted molar refractivity (Wildman–Crippen MR) is 88.9 cm³/mol. The number of hydrogen-bond donors (Lipinski definition) is 1. The predicted octanol–water partition coefficient (Wildman–Crippen LogP) is 3.58. The van der Waals surface area contributed by atoms with Crippen molar-refractivity contribution < 1.29 is 9.53 Å². The maximum Gasteiger partial charge on any atom is 0.412 e. The molecule has 1 aromatic rings. The Labute approximate surface area is 131 Å². The van der Waals surface area contributed by atoms with Crippen LogP contribution in [0.3, 0.4) is 0 Å². The Morgan fingerprint density at radius 3 is 2.62 bits per heavy atom. The number of benzene rings is 1. The van der Waals surface area contributed by atoms with E-state index in [9.17, 15) is 4.79 Å². The summed E-state index contributed by atoms with van der Waals surface area (Å²) in [5.74, 6) is 2.40. The van der Waals surface area contributed by atoms with E-state index in [0.717, 1.165) is 24.5 Å². The second-order valence-electron chi connectivity index (χ2n) is 6.23. The molecule has 1 aliphatic rings. The molecule has 1 N–H and O–H groups in total. The van der Waals surface area contributed by atoms with E-state index in [1.807, 2.05) is 44.7 Å². The van der Waals surface area contributed by atoms with Crippen LogP contribution >= 0.6 is 11.8 Å². The Hall–Kier alpha value is -1.20. The van der Waals surface area contributed by atoms with Gasteiger partial charge in [-0.2, -0.15) is 0 Å². The van der Waals surface area contributed by atoms with Crippen molar-refractivity contribution in [3.8, 4) is 0 Å². The van der Waals surface area contributed by atoms with E-state index in [1.54, 1.807) is 0 Å². The smallest absolute Gasteiger partial charge is 0.412 e. The fraction of sp³-hybridized carbons (Fsp3) is 0.562. The Bertz CT molecular complexity index is 462. The maximum absolute atomic E-state index is 11.7. The molecule has 0 aromatic heterocycles. The van der Waals surface area contributed by atoms with Crippen LogP contribution < -0.4 is 5.32 Å². The molecule has 2 rings (SSSR count). The number of anilines is 1. The van der Waals surface area contributed by atoms with Crippen molar-refractivity contribution in [1.82, 2.24) is 4.90 Å². The number of carbonyl (C=O) groups excluding carboxylic acids is 1. The number of ether oxygens (including phenoxy) is 1. The van der Waals surface area contributed by atoms with Gasteiger partial charge >= 0.3 is 6.09 Å². The van der Waals surface area contributed by atoms with E-state index in [1.165, 1.54) is 17.9 Å². The molecule has 0 radical (unpaired) electrons. The summed E-state index contributed by atoms with van der Waals surface area (Å²) in [4.78, 5) is 14.1. The van der Waals surface area contributed by atoms with Gasteiger partial charge in [-0.25, -0.2) is 4.79 Å². The summed E-state index contributed by atoms with van der Waals surface area (Å²) in [7, 11) is 0. The first-order valence-electron chi connectivity index (χ1n) is 7.31. The van der Waals surface area contributed by atoms with Crippen molar-refractivity contribution in [1.29, 1.82) is 0 Å². The molecule has 0 atom stereocenters. The van der Waals surface area contributed by atoms with Crippen LogP contribution in [0.2, 0.25) is 0 Å². The first-order chi connectivity index (χ1) is 9.92. The lowest BCUT2D eigenvalue weighted by Crippen LogP contribution is -2.27. The molecule has 5 heteroatoms. The molecule has 116 valence electrons. The van der Waals surface area contributed by atoms with Gasteiger partial charge in [0.1, 0.15) is 5.60 Å². The van der Waals surface area contributed by atoms with E-state index in [-0.39, 0.29) is 0 Å². The SMILES string of the molecule is CC(C)(C)OC(=O)Nc1ccc(CCN2CCSC2)cc1. The number of amides is 1. The van der Waals surface area contributed by atoms with Crippen molar-refractivity contribution in [3.05, 3.63) is 29.8 Å². The molecule has 0 aliphatic carbocycles. The number of carbonyl (C=O) groups is 1. The van der Waals surface area contributed by atoms with Crippen LogP contribution in [0.15, 0.2) is 24.3 Å². The van der Waals surface area contributed by atoms with Gasteiger partial charge in [0.15, 0.2) is 0 Å². The van der Waals surface area contributed by atoms with Gasteiger partial charge in [0.05, 0.1) is 0 Å². The number of thioether (sulfide) groups is 1. The van der Waals surface area contributed by atoms with Gasteiger partial charge in [-0.3, -0.25) is 10.2 Å². The fourth-order valence-corrected chi connectivity index (χ4v) is 3.12. The second-order valence-corrected chi connectivity index (χ2v) is 7.30. The number of nitrogens with zero attached hydrogens (tertiary/aromatic N) is 1. The summed E-state index contributed by atoms with van der Waals surface area (Å²) in [6.45, 7) is 7.86. The zero-order valence-corrected chi connectivity index (χ0v) is 13.8. The molecule has 1 aliphatic heterocycles. The first kappa shape index (κ1) is 16.2. The maximum atomic E-state index is 11.7. The Morgan fingerprint density at radius 2 is 2.05 bits per heavy atom. The minimum atomic E-state index is -0.474. The van der Waals surface area contributed by atoms with Crippen molar-refractivity contribution in [2.24, 2.45) is 0 Å². The van der Waals surface area contributed by atoms with Crippen LogP contribution in [0.5, 0.6) is 0 Å². The third-order valence-corrected chi connectivity index (χ3v) is 4.16. The molecule has 1 amide bonds. The molecule has 0 spiro atoms. The second kappa shape index (κ2) is 7.18. The molecule has 1 aromatic carbocycles. The molecule has 1 heterocycles. The van der Waals surface area contributed by atoms with Gasteiger partial charge in [-0.05, 0) is 44.9 Å². The number of rotatable bonds is 4. The van der Waals surface area contributed by atoms with E-state index in [2.05, 4.69) is 22.3 Å². The van der Waals surface area contributed by atoms with E-state index in [4.69, 9.17) is 4.74 Å². The highest BCUT2D eigenvalue weighted by molar-refractivity contribution is 7.99. The lowest BCUT2D eigenvalue weighted by atomic mass is 10.1. The molecular weight excluding hydrogens is 284 g/mol. The largest absolute Gasteiger partial charge is 0.444 e. The zero-order valence-electron chi connectivity index (χ0n) is 13.0. The Balaban J connectivity index is 1.79. The van der Waals surface area contributed by atoms with Crippen LogP contribution in [0, 0.1) is 0 Å². The van der Waals surface area contributed by atoms with Gasteiger partial charge < -0.3 is 4.74 Å². The van der Waals surface area contributed by atoms with Crippen LogP contribution in [-0.4, -0.2) is 41.3 Å². The molecule has 1 saturated heterocycles. The highest BCUT2D eigenvalue weighted by Gasteiger charge is 2.16. The Morgan fingerprint density at radius 1 is 1.33 bits per heavy atom. The molecule has 0 bridgehead atoms. The topological polar surface area (TPSA) is 41.6 Å². The summed E-state index contributed by atoms with van der Waals surface area (Å²) < 4.78 is 5.23. The van der Waals surface area contributed by atoms with Crippen molar-refractivity contribution >= 4 is 23.5 Å². The van der Waals surface area contributed by atoms with E-state index < -0.39 is 11.7 Å². The van der Waals surface area contributed by atoms with Gasteiger partial charge in [-0.1, -0.05) is 12.1 Å². The zero-order chi connectivity index (χ0) is 15.3. The normalized spacial score (nSPS) is 16.0. The van der Waals surface area contributed by atoms with Crippen molar-refractivity contribution in [2.45, 2.75) is 32.8 Å². The molecule has 0 unspecified atom stereocenters. The summed E-state index contributed by atoms with van der Waals surface area (Å²) in [6.07, 6.45) is 0.636. The summed E-state index contributed by atoms with van der Waals surface area (Å²) >= 11 is 2.00. The minimum absolute atomic E-state index is 0.413. The van der Waals surface area contributed by atoms with Gasteiger partial charge in [0.2, 0.25) is 0 Å². The number of nitrogens with one attached hydrogen (secondary N) is 1. The molecule has 0 saturated carbocycles. The first-order valence-corrected chi connectivity index (χ1v) is 8.47. The van der Waals surface area contributed by atoms with E-state index in [0.29, 0.717) is 0 Å².